The van der Waals surface area contributed by atoms with Crippen LogP contribution in [0.25, 0.3) is 10.8 Å². The van der Waals surface area contributed by atoms with Crippen molar-refractivity contribution in [3.05, 3.63) is 59.3 Å². The first-order chi connectivity index (χ1) is 12.2. The topological polar surface area (TPSA) is 37.4 Å². The Morgan fingerprint density at radius 1 is 0.920 bits per heavy atom. The van der Waals surface area contributed by atoms with E-state index >= 15 is 0 Å². The van der Waals surface area contributed by atoms with E-state index in [4.69, 9.17) is 0 Å². The minimum Gasteiger partial charge on any atom is -0.374 e. The average molecular weight is 333 g/mol. The first-order valence-corrected chi connectivity index (χ1v) is 9.25. The van der Waals surface area contributed by atoms with Gasteiger partial charge in [-0.25, -0.2) is 0 Å². The second kappa shape index (κ2) is 6.83. The zero-order valence-corrected chi connectivity index (χ0v) is 14.5. The lowest BCUT2D eigenvalue weighted by Gasteiger charge is -2.27. The molecule has 25 heavy (non-hydrogen) atoms. The zero-order chi connectivity index (χ0) is 17.2. The normalized spacial score (nSPS) is 18.2. The number of ketones is 2. The molecule has 2 aliphatic rings. The average Bonchev–Trinajstić information content (AvgIpc) is 3.16. The van der Waals surface area contributed by atoms with Crippen molar-refractivity contribution in [2.24, 2.45) is 0 Å². The maximum absolute atomic E-state index is 13.1. The van der Waals surface area contributed by atoms with Gasteiger partial charge in [0.1, 0.15) is 0 Å². The van der Waals surface area contributed by atoms with Gasteiger partial charge >= 0.3 is 0 Å². The smallest absolute Gasteiger partial charge is 0.172 e. The molecule has 0 bridgehead atoms. The van der Waals surface area contributed by atoms with Gasteiger partial charge in [-0.3, -0.25) is 9.59 Å². The van der Waals surface area contributed by atoms with Crippen molar-refractivity contribution < 1.29 is 9.59 Å². The van der Waals surface area contributed by atoms with E-state index in [1.54, 1.807) is 0 Å². The number of fused-ring (bicyclic) bond motifs is 1. The molecule has 0 unspecified atom stereocenters. The van der Waals surface area contributed by atoms with Crippen molar-refractivity contribution in [3.63, 3.8) is 0 Å². The Bertz CT molecular complexity index is 854. The van der Waals surface area contributed by atoms with Crippen molar-refractivity contribution in [1.82, 2.24) is 4.90 Å². The van der Waals surface area contributed by atoms with Crippen molar-refractivity contribution in [3.8, 4) is 0 Å². The van der Waals surface area contributed by atoms with Gasteiger partial charge in [0.05, 0.1) is 5.57 Å². The summed E-state index contributed by atoms with van der Waals surface area (Å²) in [6, 6.07) is 14.2. The predicted octanol–water partition coefficient (Wildman–Crippen LogP) is 4.05. The number of rotatable bonds is 4. The summed E-state index contributed by atoms with van der Waals surface area (Å²) in [7, 11) is 0. The van der Waals surface area contributed by atoms with E-state index in [-0.39, 0.29) is 11.6 Å². The molecule has 0 amide bonds. The summed E-state index contributed by atoms with van der Waals surface area (Å²) in [6.45, 7) is 1.96. The highest BCUT2D eigenvalue weighted by molar-refractivity contribution is 6.22. The Balaban J connectivity index is 1.69. The van der Waals surface area contributed by atoms with Crippen LogP contribution in [0.1, 0.15) is 37.7 Å². The highest BCUT2D eigenvalue weighted by atomic mass is 16.1. The standard InChI is InChI=1S/C22H23NO2/c24-20-12-6-11-19(23-13-3-4-14-23)22(20)21(25)15-17-9-5-8-16-7-1-2-10-18(16)17/h1-2,5,7-10H,3-4,6,11-15H2. The molecular formula is C22H23NO2. The molecule has 1 fully saturated rings. The van der Waals surface area contributed by atoms with E-state index in [9.17, 15) is 9.59 Å². The summed E-state index contributed by atoms with van der Waals surface area (Å²) in [5.41, 5.74) is 2.51. The second-order valence-electron chi connectivity index (χ2n) is 7.03. The Morgan fingerprint density at radius 2 is 1.68 bits per heavy atom. The Hall–Kier alpha value is -2.42. The van der Waals surface area contributed by atoms with Crippen LogP contribution >= 0.6 is 0 Å². The lowest BCUT2D eigenvalue weighted by atomic mass is 9.88. The quantitative estimate of drug-likeness (QED) is 0.792. The third-order valence-corrected chi connectivity index (χ3v) is 5.38. The summed E-state index contributed by atoms with van der Waals surface area (Å²) < 4.78 is 0. The van der Waals surface area contributed by atoms with E-state index in [1.807, 2.05) is 24.3 Å². The number of Topliss-reactive ketones (excluding diaryl/α,β-unsaturated/α-hetero) is 2. The van der Waals surface area contributed by atoms with Gasteiger partial charge in [0.15, 0.2) is 11.6 Å². The van der Waals surface area contributed by atoms with E-state index in [1.165, 1.54) is 0 Å². The molecule has 0 radical (unpaired) electrons. The molecule has 0 saturated carbocycles. The van der Waals surface area contributed by atoms with Crippen molar-refractivity contribution in [2.75, 3.05) is 13.1 Å². The minimum absolute atomic E-state index is 0.0112. The Morgan fingerprint density at radius 3 is 2.52 bits per heavy atom. The largest absolute Gasteiger partial charge is 0.374 e. The fourth-order valence-corrected chi connectivity index (χ4v) is 4.16. The number of hydrogen-bond donors (Lipinski definition) is 0. The molecule has 3 heteroatoms. The third-order valence-electron chi connectivity index (χ3n) is 5.38. The molecule has 1 heterocycles. The number of benzene rings is 2. The van der Waals surface area contributed by atoms with Crippen molar-refractivity contribution >= 4 is 22.3 Å². The third kappa shape index (κ3) is 3.11. The Kier molecular flexibility index (Phi) is 4.39. The van der Waals surface area contributed by atoms with Gasteiger partial charge in [-0.15, -0.1) is 0 Å². The van der Waals surface area contributed by atoms with Gasteiger partial charge in [0, 0.05) is 31.6 Å². The number of nitrogens with zero attached hydrogens (tertiary/aromatic N) is 1. The molecule has 0 atom stereocenters. The molecule has 4 rings (SSSR count). The Labute approximate surface area is 148 Å². The maximum Gasteiger partial charge on any atom is 0.172 e. The van der Waals surface area contributed by atoms with Crippen LogP contribution in [0.5, 0.6) is 0 Å². The minimum atomic E-state index is -0.0112. The van der Waals surface area contributed by atoms with E-state index in [2.05, 4.69) is 23.1 Å². The molecular weight excluding hydrogens is 310 g/mol. The van der Waals surface area contributed by atoms with Gasteiger partial charge in [-0.1, -0.05) is 42.5 Å². The van der Waals surface area contributed by atoms with Crippen LogP contribution in [0.4, 0.5) is 0 Å². The van der Waals surface area contributed by atoms with E-state index in [0.29, 0.717) is 18.4 Å². The van der Waals surface area contributed by atoms with Crippen LogP contribution in [0.15, 0.2) is 53.7 Å². The lowest BCUT2D eigenvalue weighted by molar-refractivity contribution is -0.121. The van der Waals surface area contributed by atoms with Gasteiger partial charge < -0.3 is 4.90 Å². The lowest BCUT2D eigenvalue weighted by Crippen LogP contribution is -2.29. The highest BCUT2D eigenvalue weighted by Crippen LogP contribution is 2.30. The fourth-order valence-electron chi connectivity index (χ4n) is 4.16. The molecule has 2 aromatic carbocycles. The number of likely N-dealkylation sites (tertiary alicyclic amines) is 1. The molecule has 2 aromatic rings. The molecule has 0 spiro atoms. The van der Waals surface area contributed by atoms with E-state index in [0.717, 1.165) is 60.8 Å². The molecule has 0 aromatic heterocycles. The number of carbonyl (C=O) groups excluding carboxylic acids is 2. The summed E-state index contributed by atoms with van der Waals surface area (Å²) in [4.78, 5) is 27.9. The van der Waals surface area contributed by atoms with Gasteiger partial charge in [0.25, 0.3) is 0 Å². The van der Waals surface area contributed by atoms with Crippen LogP contribution in [0, 0.1) is 0 Å². The van der Waals surface area contributed by atoms with Crippen LogP contribution < -0.4 is 0 Å². The summed E-state index contributed by atoms with van der Waals surface area (Å²) in [5.74, 6) is 0.0290. The van der Waals surface area contributed by atoms with Gasteiger partial charge in [-0.2, -0.15) is 0 Å². The number of hydrogen-bond acceptors (Lipinski definition) is 3. The SMILES string of the molecule is O=C1CCCC(N2CCCC2)=C1C(=O)Cc1cccc2ccccc12. The summed E-state index contributed by atoms with van der Waals surface area (Å²) in [6.07, 6.45) is 4.86. The van der Waals surface area contributed by atoms with Crippen LogP contribution in [-0.2, 0) is 16.0 Å². The second-order valence-corrected chi connectivity index (χ2v) is 7.03. The highest BCUT2D eigenvalue weighted by Gasteiger charge is 2.30. The van der Waals surface area contributed by atoms with Crippen LogP contribution in [0.3, 0.4) is 0 Å². The number of allylic oxidation sites excluding steroid dienone is 2. The molecule has 1 aliphatic carbocycles. The van der Waals surface area contributed by atoms with Gasteiger partial charge in [0.2, 0.25) is 0 Å². The summed E-state index contributed by atoms with van der Waals surface area (Å²) in [5, 5.41) is 2.24. The monoisotopic (exact) mass is 333 g/mol. The van der Waals surface area contributed by atoms with E-state index < -0.39 is 0 Å². The van der Waals surface area contributed by atoms with Gasteiger partial charge in [-0.05, 0) is 42.0 Å². The van der Waals surface area contributed by atoms with Crippen LogP contribution in [-0.4, -0.2) is 29.6 Å². The van der Waals surface area contributed by atoms with Crippen molar-refractivity contribution in [1.29, 1.82) is 0 Å². The molecule has 0 N–H and O–H groups in total. The summed E-state index contributed by atoms with van der Waals surface area (Å²) >= 11 is 0. The molecule has 3 nitrogen and oxygen atoms in total. The zero-order valence-electron chi connectivity index (χ0n) is 14.5. The molecule has 1 aliphatic heterocycles. The number of carbonyl (C=O) groups is 2. The first-order valence-electron chi connectivity index (χ1n) is 9.25. The first kappa shape index (κ1) is 16.1. The molecule has 1 saturated heterocycles. The fraction of sp³-hybridized carbons (Fsp3) is 0.364. The predicted molar refractivity (Wildman–Crippen MR) is 99.4 cm³/mol. The maximum atomic E-state index is 13.1. The van der Waals surface area contributed by atoms with Crippen LogP contribution in [0.2, 0.25) is 0 Å². The van der Waals surface area contributed by atoms with Crippen molar-refractivity contribution in [2.45, 2.75) is 38.5 Å². The molecule has 128 valence electrons.